The fourth-order valence-corrected chi connectivity index (χ4v) is 1.19. The van der Waals surface area contributed by atoms with Gasteiger partial charge in [-0.25, -0.2) is 10.5 Å². The SMILES string of the molecule is CC(C)(C)ONC(=O)c1csc(N)n1. The van der Waals surface area contributed by atoms with Crippen LogP contribution in [0, 0.1) is 0 Å². The number of nitrogens with zero attached hydrogens (tertiary/aromatic N) is 1. The van der Waals surface area contributed by atoms with Crippen LogP contribution in [0.4, 0.5) is 5.13 Å². The third-order valence-electron chi connectivity index (χ3n) is 1.20. The van der Waals surface area contributed by atoms with Crippen LogP contribution in [-0.2, 0) is 4.84 Å². The summed E-state index contributed by atoms with van der Waals surface area (Å²) in [6.45, 7) is 5.51. The molecule has 0 saturated heterocycles. The lowest BCUT2D eigenvalue weighted by atomic mass is 10.2. The first-order chi connectivity index (χ1) is 6.38. The molecule has 5 nitrogen and oxygen atoms in total. The number of anilines is 1. The average Bonchev–Trinajstić information content (AvgIpc) is 2.46. The molecule has 1 aromatic heterocycles. The summed E-state index contributed by atoms with van der Waals surface area (Å²) in [6.07, 6.45) is 0. The van der Waals surface area contributed by atoms with Crippen molar-refractivity contribution in [1.29, 1.82) is 0 Å². The summed E-state index contributed by atoms with van der Waals surface area (Å²) < 4.78 is 0. The second-order valence-corrected chi connectivity index (χ2v) is 4.61. The topological polar surface area (TPSA) is 77.2 Å². The maximum atomic E-state index is 11.4. The minimum absolute atomic E-state index is 0.275. The highest BCUT2D eigenvalue weighted by Gasteiger charge is 2.15. The van der Waals surface area contributed by atoms with E-state index in [0.29, 0.717) is 5.13 Å². The van der Waals surface area contributed by atoms with Crippen molar-refractivity contribution in [1.82, 2.24) is 10.5 Å². The monoisotopic (exact) mass is 215 g/mol. The third-order valence-corrected chi connectivity index (χ3v) is 1.88. The molecule has 1 heterocycles. The number of thiazole rings is 1. The van der Waals surface area contributed by atoms with Gasteiger partial charge in [0.15, 0.2) is 5.13 Å². The van der Waals surface area contributed by atoms with Crippen molar-refractivity contribution in [2.45, 2.75) is 26.4 Å². The smallest absolute Gasteiger partial charge is 0.294 e. The van der Waals surface area contributed by atoms with Crippen molar-refractivity contribution >= 4 is 22.4 Å². The molecular formula is C8H13N3O2S. The second-order valence-electron chi connectivity index (χ2n) is 3.72. The summed E-state index contributed by atoms with van der Waals surface area (Å²) in [6, 6.07) is 0. The van der Waals surface area contributed by atoms with Crippen LogP contribution in [0.1, 0.15) is 31.3 Å². The first-order valence-corrected chi connectivity index (χ1v) is 4.96. The normalized spacial score (nSPS) is 11.4. The number of carbonyl (C=O) groups is 1. The van der Waals surface area contributed by atoms with Crippen LogP contribution < -0.4 is 11.2 Å². The van der Waals surface area contributed by atoms with Crippen molar-refractivity contribution in [2.24, 2.45) is 0 Å². The molecule has 3 N–H and O–H groups in total. The zero-order valence-electron chi connectivity index (χ0n) is 8.33. The lowest BCUT2D eigenvalue weighted by molar-refractivity contribution is -0.0591. The van der Waals surface area contributed by atoms with Gasteiger partial charge in [-0.05, 0) is 20.8 Å². The minimum Gasteiger partial charge on any atom is -0.375 e. The Kier molecular flexibility index (Phi) is 3.07. The van der Waals surface area contributed by atoms with E-state index in [1.807, 2.05) is 20.8 Å². The molecule has 6 heteroatoms. The fraction of sp³-hybridized carbons (Fsp3) is 0.500. The van der Waals surface area contributed by atoms with Gasteiger partial charge >= 0.3 is 0 Å². The molecule has 0 fully saturated rings. The summed E-state index contributed by atoms with van der Waals surface area (Å²) in [7, 11) is 0. The van der Waals surface area contributed by atoms with Crippen LogP contribution in [-0.4, -0.2) is 16.5 Å². The van der Waals surface area contributed by atoms with Crippen LogP contribution >= 0.6 is 11.3 Å². The molecule has 0 bridgehead atoms. The number of hydroxylamine groups is 1. The summed E-state index contributed by atoms with van der Waals surface area (Å²) >= 11 is 1.22. The number of carbonyl (C=O) groups excluding carboxylic acids is 1. The predicted molar refractivity (Wildman–Crippen MR) is 54.8 cm³/mol. The molecule has 1 rings (SSSR count). The number of nitrogens with one attached hydrogen (secondary N) is 1. The molecule has 0 radical (unpaired) electrons. The molecule has 0 aromatic carbocycles. The highest BCUT2D eigenvalue weighted by molar-refractivity contribution is 7.13. The van der Waals surface area contributed by atoms with E-state index in [9.17, 15) is 4.79 Å². The van der Waals surface area contributed by atoms with Crippen LogP contribution in [0.25, 0.3) is 0 Å². The Morgan fingerprint density at radius 1 is 1.64 bits per heavy atom. The van der Waals surface area contributed by atoms with Gasteiger partial charge in [-0.3, -0.25) is 9.63 Å². The Bertz CT molecular complexity index is 330. The Labute approximate surface area is 86.2 Å². The molecule has 0 aliphatic rings. The van der Waals surface area contributed by atoms with Crippen molar-refractivity contribution in [3.63, 3.8) is 0 Å². The number of rotatable bonds is 2. The van der Waals surface area contributed by atoms with Crippen LogP contribution in [0.15, 0.2) is 5.38 Å². The van der Waals surface area contributed by atoms with E-state index in [1.54, 1.807) is 5.38 Å². The standard InChI is InChI=1S/C8H13N3O2S/c1-8(2,3)13-11-6(12)5-4-14-7(9)10-5/h4H,1-3H3,(H2,9,10)(H,11,12). The van der Waals surface area contributed by atoms with E-state index < -0.39 is 5.60 Å². The summed E-state index contributed by atoms with van der Waals surface area (Å²) in [5.74, 6) is -0.382. The summed E-state index contributed by atoms with van der Waals surface area (Å²) in [5, 5.41) is 1.95. The zero-order valence-corrected chi connectivity index (χ0v) is 9.14. The molecule has 0 aliphatic carbocycles. The van der Waals surface area contributed by atoms with Crippen molar-refractivity contribution in [2.75, 3.05) is 5.73 Å². The molecule has 1 aromatic rings. The number of nitrogen functional groups attached to an aromatic ring is 1. The van der Waals surface area contributed by atoms with Gasteiger partial charge in [-0.1, -0.05) is 0 Å². The molecule has 78 valence electrons. The summed E-state index contributed by atoms with van der Waals surface area (Å²) in [4.78, 5) is 20.3. The largest absolute Gasteiger partial charge is 0.375 e. The Morgan fingerprint density at radius 2 is 2.29 bits per heavy atom. The Morgan fingerprint density at radius 3 is 2.71 bits per heavy atom. The third kappa shape index (κ3) is 3.31. The zero-order chi connectivity index (χ0) is 10.8. The highest BCUT2D eigenvalue weighted by Crippen LogP contribution is 2.11. The molecular weight excluding hydrogens is 202 g/mol. The van der Waals surface area contributed by atoms with Gasteiger partial charge in [-0.15, -0.1) is 11.3 Å². The number of hydrogen-bond acceptors (Lipinski definition) is 5. The lowest BCUT2D eigenvalue weighted by Gasteiger charge is -2.18. The molecule has 14 heavy (non-hydrogen) atoms. The van der Waals surface area contributed by atoms with Gasteiger partial charge < -0.3 is 5.73 Å². The fourth-order valence-electron chi connectivity index (χ4n) is 0.644. The van der Waals surface area contributed by atoms with Gasteiger partial charge in [0, 0.05) is 5.38 Å². The Balaban J connectivity index is 2.52. The van der Waals surface area contributed by atoms with Gasteiger partial charge in [0.2, 0.25) is 0 Å². The maximum Gasteiger partial charge on any atom is 0.294 e. The molecule has 0 unspecified atom stereocenters. The lowest BCUT2D eigenvalue weighted by Crippen LogP contribution is -2.33. The quantitative estimate of drug-likeness (QED) is 0.726. The first kappa shape index (κ1) is 10.9. The Hall–Kier alpha value is -1.14. The number of aromatic nitrogens is 1. The van der Waals surface area contributed by atoms with E-state index in [1.165, 1.54) is 11.3 Å². The first-order valence-electron chi connectivity index (χ1n) is 4.08. The van der Waals surface area contributed by atoms with E-state index in [2.05, 4.69) is 10.5 Å². The van der Waals surface area contributed by atoms with E-state index >= 15 is 0 Å². The van der Waals surface area contributed by atoms with Gasteiger partial charge in [-0.2, -0.15) is 0 Å². The van der Waals surface area contributed by atoms with E-state index in [-0.39, 0.29) is 11.6 Å². The second kappa shape index (κ2) is 3.93. The van der Waals surface area contributed by atoms with Gasteiger partial charge in [0.05, 0.1) is 5.60 Å². The van der Waals surface area contributed by atoms with Gasteiger partial charge in [0.25, 0.3) is 5.91 Å². The number of nitrogens with two attached hydrogens (primary N) is 1. The van der Waals surface area contributed by atoms with Crippen LogP contribution in [0.2, 0.25) is 0 Å². The van der Waals surface area contributed by atoms with Crippen LogP contribution in [0.5, 0.6) is 0 Å². The van der Waals surface area contributed by atoms with E-state index in [0.717, 1.165) is 0 Å². The molecule has 0 aliphatic heterocycles. The van der Waals surface area contributed by atoms with E-state index in [4.69, 9.17) is 10.6 Å². The van der Waals surface area contributed by atoms with Crippen molar-refractivity contribution < 1.29 is 9.63 Å². The molecule has 0 spiro atoms. The number of hydrogen-bond donors (Lipinski definition) is 2. The van der Waals surface area contributed by atoms with Crippen LogP contribution in [0.3, 0.4) is 0 Å². The van der Waals surface area contributed by atoms with Crippen molar-refractivity contribution in [3.05, 3.63) is 11.1 Å². The molecule has 1 amide bonds. The van der Waals surface area contributed by atoms with Crippen molar-refractivity contribution in [3.8, 4) is 0 Å². The van der Waals surface area contributed by atoms with Gasteiger partial charge in [0.1, 0.15) is 5.69 Å². The highest BCUT2D eigenvalue weighted by atomic mass is 32.1. The summed E-state index contributed by atoms with van der Waals surface area (Å²) in [5.41, 5.74) is 7.54. The average molecular weight is 215 g/mol. The maximum absolute atomic E-state index is 11.4. The number of amides is 1. The predicted octanol–water partition coefficient (Wildman–Crippen LogP) is 1.19. The molecule has 0 atom stereocenters. The minimum atomic E-state index is -0.419. The molecule has 0 saturated carbocycles.